The van der Waals surface area contributed by atoms with E-state index in [-0.39, 0.29) is 28.3 Å². The summed E-state index contributed by atoms with van der Waals surface area (Å²) in [6, 6.07) is 10.7. The van der Waals surface area contributed by atoms with Crippen LogP contribution in [0, 0.1) is 0 Å². The third-order valence-corrected chi connectivity index (χ3v) is 24.6. The number of rotatable bonds is 9. The van der Waals surface area contributed by atoms with Gasteiger partial charge in [-0.3, -0.25) is 0 Å². The van der Waals surface area contributed by atoms with E-state index in [0.717, 1.165) is 0 Å². The van der Waals surface area contributed by atoms with Crippen molar-refractivity contribution >= 4 is 59.7 Å². The molecular weight excluding hydrogens is 337 g/mol. The van der Waals surface area contributed by atoms with Crippen LogP contribution >= 0.6 is 0 Å². The van der Waals surface area contributed by atoms with Crippen molar-refractivity contribution in [1.82, 2.24) is 0 Å². The first kappa shape index (κ1) is 17.5. The van der Waals surface area contributed by atoms with E-state index in [2.05, 4.69) is 56.5 Å². The van der Waals surface area contributed by atoms with Gasteiger partial charge in [-0.2, -0.15) is 0 Å². The fraction of sp³-hybridized carbons (Fsp3) is 0.400. The number of hydrogen-bond acceptors (Lipinski definition) is 3. The van der Waals surface area contributed by atoms with E-state index in [4.69, 9.17) is 12.3 Å². The Morgan fingerprint density at radius 3 is 2.42 bits per heavy atom. The van der Waals surface area contributed by atoms with Crippen molar-refractivity contribution in [3.05, 3.63) is 30.3 Å². The van der Waals surface area contributed by atoms with Gasteiger partial charge >= 0.3 is 0 Å². The molecule has 0 bridgehead atoms. The molecule has 0 saturated heterocycles. The van der Waals surface area contributed by atoms with E-state index in [1.54, 1.807) is 0 Å². The summed E-state index contributed by atoms with van der Waals surface area (Å²) in [6.45, 7) is 9.13. The second kappa shape index (κ2) is 9.36. The molecular formula is C10H26O3Si6. The zero-order valence-corrected chi connectivity index (χ0v) is 20.3. The fourth-order valence-electron chi connectivity index (χ4n) is 1.75. The van der Waals surface area contributed by atoms with Crippen LogP contribution in [0.4, 0.5) is 0 Å². The lowest BCUT2D eigenvalue weighted by Gasteiger charge is -2.23. The van der Waals surface area contributed by atoms with Crippen LogP contribution in [0.15, 0.2) is 30.3 Å². The first-order valence-electron chi connectivity index (χ1n) is 6.93. The second-order valence-corrected chi connectivity index (χ2v) is 24.9. The maximum atomic E-state index is 6.21. The molecule has 1 aromatic rings. The molecule has 19 heavy (non-hydrogen) atoms. The minimum atomic E-state index is -1.39. The molecule has 0 aromatic heterocycles. The minimum Gasteiger partial charge on any atom is -0.465 e. The van der Waals surface area contributed by atoms with Crippen molar-refractivity contribution in [2.24, 2.45) is 0 Å². The van der Waals surface area contributed by atoms with Crippen LogP contribution in [0.1, 0.15) is 0 Å². The van der Waals surface area contributed by atoms with Gasteiger partial charge in [0.25, 0.3) is 0 Å². The fourth-order valence-corrected chi connectivity index (χ4v) is 31.4. The van der Waals surface area contributed by atoms with E-state index in [9.17, 15) is 0 Å². The highest BCUT2D eigenvalue weighted by Gasteiger charge is 2.22. The van der Waals surface area contributed by atoms with Gasteiger partial charge in [-0.25, -0.2) is 0 Å². The van der Waals surface area contributed by atoms with E-state index in [1.165, 1.54) is 5.19 Å². The molecule has 0 radical (unpaired) electrons. The van der Waals surface area contributed by atoms with Crippen molar-refractivity contribution in [3.63, 3.8) is 0 Å². The Bertz CT molecular complexity index is 350. The molecule has 0 spiro atoms. The minimum absolute atomic E-state index is 0.223. The number of benzene rings is 1. The Balaban J connectivity index is 2.20. The molecule has 0 amide bonds. The summed E-state index contributed by atoms with van der Waals surface area (Å²) >= 11 is 0. The highest BCUT2D eigenvalue weighted by Crippen LogP contribution is 2.01. The van der Waals surface area contributed by atoms with Crippen LogP contribution in [-0.2, 0) is 12.3 Å². The molecule has 1 atom stereocenters. The largest absolute Gasteiger partial charge is 0.465 e. The Labute approximate surface area is 128 Å². The summed E-state index contributed by atoms with van der Waals surface area (Å²) in [5.74, 6) is 0. The molecule has 1 unspecified atom stereocenters. The lowest BCUT2D eigenvalue weighted by Crippen LogP contribution is -2.44. The summed E-state index contributed by atoms with van der Waals surface area (Å²) in [7, 11) is -3.91. The second-order valence-electron chi connectivity index (χ2n) is 5.17. The predicted molar refractivity (Wildman–Crippen MR) is 99.9 cm³/mol. The number of hydrogen-bond donors (Lipinski definition) is 0. The third kappa shape index (κ3) is 7.67. The molecule has 3 nitrogen and oxygen atoms in total. The zero-order chi connectivity index (χ0) is 14.1. The summed E-state index contributed by atoms with van der Waals surface area (Å²) in [6.07, 6.45) is 0. The Hall–Kier alpha value is 0.401. The Kier molecular flexibility index (Phi) is 8.60. The SMILES string of the molecule is C[SiH2]O[SiH2][Si](C)(C)O[SiH2][SiH2]O[SiH](C)c1ccccc1. The van der Waals surface area contributed by atoms with Crippen LogP contribution in [-0.4, -0.2) is 54.5 Å². The molecule has 9 heteroatoms. The molecule has 0 aliphatic rings. The van der Waals surface area contributed by atoms with Crippen LogP contribution < -0.4 is 5.19 Å². The molecule has 108 valence electrons. The normalized spacial score (nSPS) is 16.0. The molecule has 0 N–H and O–H groups in total. The molecule has 0 saturated carbocycles. The average molecular weight is 363 g/mol. The van der Waals surface area contributed by atoms with Gasteiger partial charge in [0.05, 0.1) is 0 Å². The van der Waals surface area contributed by atoms with Gasteiger partial charge in [0.15, 0.2) is 44.7 Å². The molecule has 1 aromatic carbocycles. The Morgan fingerprint density at radius 1 is 1.11 bits per heavy atom. The highest BCUT2D eigenvalue weighted by atomic mass is 29.2. The van der Waals surface area contributed by atoms with Crippen LogP contribution in [0.2, 0.25) is 26.2 Å². The van der Waals surface area contributed by atoms with Gasteiger partial charge in [-0.15, -0.1) is 0 Å². The summed E-state index contributed by atoms with van der Waals surface area (Å²) in [4.78, 5) is 0. The van der Waals surface area contributed by atoms with E-state index in [1.807, 2.05) is 0 Å². The van der Waals surface area contributed by atoms with Gasteiger partial charge in [0.1, 0.15) is 9.76 Å². The van der Waals surface area contributed by atoms with Crippen molar-refractivity contribution in [2.45, 2.75) is 26.2 Å². The van der Waals surface area contributed by atoms with Gasteiger partial charge in [0.2, 0.25) is 0 Å². The topological polar surface area (TPSA) is 27.7 Å². The molecule has 0 aliphatic carbocycles. The van der Waals surface area contributed by atoms with E-state index < -0.39 is 26.2 Å². The first-order chi connectivity index (χ1) is 9.05. The monoisotopic (exact) mass is 362 g/mol. The third-order valence-electron chi connectivity index (χ3n) is 2.87. The predicted octanol–water partition coefficient (Wildman–Crippen LogP) is -1.70. The van der Waals surface area contributed by atoms with Gasteiger partial charge < -0.3 is 12.3 Å². The average Bonchev–Trinajstić information content (AvgIpc) is 2.42. The van der Waals surface area contributed by atoms with Crippen molar-refractivity contribution in [2.75, 3.05) is 0 Å². The van der Waals surface area contributed by atoms with Crippen molar-refractivity contribution in [1.29, 1.82) is 0 Å². The van der Waals surface area contributed by atoms with E-state index in [0.29, 0.717) is 0 Å². The maximum absolute atomic E-state index is 6.21. The van der Waals surface area contributed by atoms with Gasteiger partial charge in [-0.05, 0) is 24.8 Å². The van der Waals surface area contributed by atoms with Crippen molar-refractivity contribution in [3.8, 4) is 0 Å². The Morgan fingerprint density at radius 2 is 1.79 bits per heavy atom. The van der Waals surface area contributed by atoms with Gasteiger partial charge in [-0.1, -0.05) is 36.9 Å². The summed E-state index contributed by atoms with van der Waals surface area (Å²) < 4.78 is 18.1. The molecule has 0 fully saturated rings. The lowest BCUT2D eigenvalue weighted by molar-refractivity contribution is 0.586. The molecule has 1 rings (SSSR count). The quantitative estimate of drug-likeness (QED) is 0.387. The highest BCUT2D eigenvalue weighted by molar-refractivity contribution is 7.21. The molecule has 0 aliphatic heterocycles. The van der Waals surface area contributed by atoms with Crippen LogP contribution in [0.25, 0.3) is 0 Å². The van der Waals surface area contributed by atoms with Crippen molar-refractivity contribution < 1.29 is 12.3 Å². The van der Waals surface area contributed by atoms with Crippen LogP contribution in [0.5, 0.6) is 0 Å². The zero-order valence-electron chi connectivity index (χ0n) is 12.5. The summed E-state index contributed by atoms with van der Waals surface area (Å²) in [5.41, 5.74) is 0. The van der Waals surface area contributed by atoms with Crippen LogP contribution in [0.3, 0.4) is 0 Å². The first-order valence-corrected chi connectivity index (χ1v) is 22.1. The summed E-state index contributed by atoms with van der Waals surface area (Å²) in [5, 5.41) is 1.41. The smallest absolute Gasteiger partial charge is 0.191 e. The molecule has 0 heterocycles. The lowest BCUT2D eigenvalue weighted by atomic mass is 10.4. The standard InChI is InChI=1S/C10H26O3Si6/c1-14-11-17-19(3,4)13-16-15-12-18(2)10-8-6-5-7-9-10/h5-9,18H,14-17H2,1-4H3. The maximum Gasteiger partial charge on any atom is 0.191 e. The van der Waals surface area contributed by atoms with E-state index >= 15 is 0 Å². The van der Waals surface area contributed by atoms with Gasteiger partial charge in [0, 0.05) is 0 Å².